The molecule has 0 spiro atoms. The fourth-order valence-electron chi connectivity index (χ4n) is 3.42. The molecule has 0 unspecified atom stereocenters. The molecule has 2 aromatic heterocycles. The molecule has 0 aliphatic carbocycles. The molecule has 0 fully saturated rings. The van der Waals surface area contributed by atoms with Gasteiger partial charge >= 0.3 is 5.63 Å². The smallest absolute Gasteiger partial charge is 0.348 e. The first-order chi connectivity index (χ1) is 15.6. The van der Waals surface area contributed by atoms with E-state index in [1.54, 1.807) is 51.0 Å². The number of rotatable bonds is 8. The first-order valence-electron chi connectivity index (χ1n) is 10.4. The number of likely N-dealkylation sites (N-methyl/N-ethyl adjacent to an activating group) is 1. The van der Waals surface area contributed by atoms with E-state index in [9.17, 15) is 14.4 Å². The third-order valence-electron chi connectivity index (χ3n) is 5.18. The Morgan fingerprint density at radius 3 is 2.64 bits per heavy atom. The van der Waals surface area contributed by atoms with Gasteiger partial charge in [-0.05, 0) is 50.6 Å². The van der Waals surface area contributed by atoms with Crippen LogP contribution < -0.4 is 16.3 Å². The van der Waals surface area contributed by atoms with Gasteiger partial charge in [0, 0.05) is 37.6 Å². The lowest BCUT2D eigenvalue weighted by Gasteiger charge is -2.30. The van der Waals surface area contributed by atoms with Crippen molar-refractivity contribution in [1.82, 2.24) is 14.9 Å². The van der Waals surface area contributed by atoms with Gasteiger partial charge < -0.3 is 20.0 Å². The van der Waals surface area contributed by atoms with Crippen LogP contribution in [-0.2, 0) is 16.0 Å². The van der Waals surface area contributed by atoms with Gasteiger partial charge in [0.2, 0.25) is 11.8 Å². The lowest BCUT2D eigenvalue weighted by atomic mass is 10.0. The summed E-state index contributed by atoms with van der Waals surface area (Å²) in [5, 5.41) is 5.81. The Labute approximate surface area is 196 Å². The molecule has 10 heteroatoms. The molecule has 33 heavy (non-hydrogen) atoms. The van der Waals surface area contributed by atoms with Crippen LogP contribution in [0, 0.1) is 6.92 Å². The quantitative estimate of drug-likeness (QED) is 0.485. The standard InChI is InChI=1S/C23H26ClN5O4/c1-14-16(26-18(30)13-24)8-9-17-19(14)20(31)33-22(27-17)28-23(2,3)21(32)29(4)12-10-15-7-5-6-11-25-15/h5-9,11H,10,12-13H2,1-4H3,(H,26,30)(H,27,28). The van der Waals surface area contributed by atoms with E-state index in [-0.39, 0.29) is 29.1 Å². The van der Waals surface area contributed by atoms with Gasteiger partial charge in [-0.2, -0.15) is 4.98 Å². The second-order valence-electron chi connectivity index (χ2n) is 8.17. The SMILES string of the molecule is Cc1c(NC(=O)CCl)ccc2nc(NC(C)(C)C(=O)N(C)CCc3ccccn3)oc(=O)c12. The summed E-state index contributed by atoms with van der Waals surface area (Å²) in [7, 11) is 1.71. The van der Waals surface area contributed by atoms with E-state index in [0.717, 1.165) is 5.69 Å². The monoisotopic (exact) mass is 471 g/mol. The van der Waals surface area contributed by atoms with Crippen molar-refractivity contribution in [2.45, 2.75) is 32.7 Å². The number of carbonyl (C=O) groups excluding carboxylic acids is 2. The average Bonchev–Trinajstić information content (AvgIpc) is 2.78. The summed E-state index contributed by atoms with van der Waals surface area (Å²) in [6.45, 7) is 5.54. The number of aromatic nitrogens is 2. The molecule has 1 aromatic carbocycles. The summed E-state index contributed by atoms with van der Waals surface area (Å²) < 4.78 is 5.36. The van der Waals surface area contributed by atoms with E-state index in [2.05, 4.69) is 20.6 Å². The number of pyridine rings is 1. The number of fused-ring (bicyclic) bond motifs is 1. The second-order valence-corrected chi connectivity index (χ2v) is 8.44. The minimum Gasteiger partial charge on any atom is -0.389 e. The van der Waals surface area contributed by atoms with Gasteiger partial charge in [-0.25, -0.2) is 4.79 Å². The summed E-state index contributed by atoms with van der Waals surface area (Å²) in [6.07, 6.45) is 2.33. The Hall–Kier alpha value is -3.46. The third-order valence-corrected chi connectivity index (χ3v) is 5.43. The summed E-state index contributed by atoms with van der Waals surface area (Å²) in [5.74, 6) is -0.785. The normalized spacial score (nSPS) is 11.3. The highest BCUT2D eigenvalue weighted by molar-refractivity contribution is 6.29. The molecule has 0 saturated carbocycles. The van der Waals surface area contributed by atoms with Gasteiger partial charge in [0.05, 0.1) is 10.9 Å². The Kier molecular flexibility index (Phi) is 7.33. The maximum Gasteiger partial charge on any atom is 0.348 e. The fraction of sp³-hybridized carbons (Fsp3) is 0.348. The van der Waals surface area contributed by atoms with Crippen molar-refractivity contribution in [1.29, 1.82) is 0 Å². The van der Waals surface area contributed by atoms with Crippen LogP contribution >= 0.6 is 11.6 Å². The molecule has 2 N–H and O–H groups in total. The molecule has 0 saturated heterocycles. The van der Waals surface area contributed by atoms with Gasteiger partial charge in [-0.1, -0.05) is 6.07 Å². The first-order valence-corrected chi connectivity index (χ1v) is 10.9. The largest absolute Gasteiger partial charge is 0.389 e. The van der Waals surface area contributed by atoms with E-state index < -0.39 is 11.2 Å². The Bertz CT molecular complexity index is 1230. The molecule has 0 bridgehead atoms. The third kappa shape index (κ3) is 5.67. The molecule has 2 amide bonds. The molecular formula is C23H26ClN5O4. The molecule has 3 aromatic rings. The van der Waals surface area contributed by atoms with Crippen molar-refractivity contribution in [3.8, 4) is 0 Å². The number of anilines is 2. The van der Waals surface area contributed by atoms with Crippen LogP contribution in [0.2, 0.25) is 0 Å². The molecule has 0 radical (unpaired) electrons. The van der Waals surface area contributed by atoms with E-state index >= 15 is 0 Å². The predicted molar refractivity (Wildman–Crippen MR) is 128 cm³/mol. The second kappa shape index (κ2) is 9.99. The number of carbonyl (C=O) groups is 2. The number of aryl methyl sites for hydroxylation is 1. The molecule has 0 aliphatic rings. The fourth-order valence-corrected chi connectivity index (χ4v) is 3.49. The number of nitrogens with zero attached hydrogens (tertiary/aromatic N) is 3. The van der Waals surface area contributed by atoms with E-state index in [1.807, 2.05) is 18.2 Å². The van der Waals surface area contributed by atoms with Gasteiger partial charge in [-0.15, -0.1) is 11.6 Å². The van der Waals surface area contributed by atoms with Gasteiger partial charge in [0.25, 0.3) is 6.01 Å². The summed E-state index contributed by atoms with van der Waals surface area (Å²) in [6, 6.07) is 8.82. The van der Waals surface area contributed by atoms with Crippen LogP contribution in [0.25, 0.3) is 10.9 Å². The maximum atomic E-state index is 13.0. The first kappa shape index (κ1) is 24.2. The highest BCUT2D eigenvalue weighted by atomic mass is 35.5. The van der Waals surface area contributed by atoms with Gasteiger partial charge in [-0.3, -0.25) is 14.6 Å². The van der Waals surface area contributed by atoms with E-state index in [4.69, 9.17) is 16.0 Å². The Morgan fingerprint density at radius 2 is 1.97 bits per heavy atom. The van der Waals surface area contributed by atoms with Crippen molar-refractivity contribution in [3.63, 3.8) is 0 Å². The van der Waals surface area contributed by atoms with Crippen molar-refractivity contribution in [2.24, 2.45) is 0 Å². The van der Waals surface area contributed by atoms with Crippen molar-refractivity contribution >= 4 is 46.0 Å². The van der Waals surface area contributed by atoms with Crippen LogP contribution in [0.4, 0.5) is 11.7 Å². The van der Waals surface area contributed by atoms with Crippen molar-refractivity contribution < 1.29 is 14.0 Å². The zero-order valence-electron chi connectivity index (χ0n) is 18.9. The summed E-state index contributed by atoms with van der Waals surface area (Å²) in [4.78, 5) is 47.5. The number of benzene rings is 1. The van der Waals surface area contributed by atoms with Crippen LogP contribution in [0.3, 0.4) is 0 Å². The minimum absolute atomic E-state index is 0.0686. The van der Waals surface area contributed by atoms with Crippen LogP contribution in [0.5, 0.6) is 0 Å². The molecule has 0 atom stereocenters. The number of hydrogen-bond donors (Lipinski definition) is 2. The molecule has 9 nitrogen and oxygen atoms in total. The molecule has 3 rings (SSSR count). The Balaban J connectivity index is 1.78. The molecule has 2 heterocycles. The van der Waals surface area contributed by atoms with Crippen LogP contribution in [0.1, 0.15) is 25.1 Å². The number of hydrogen-bond acceptors (Lipinski definition) is 7. The molecule has 174 valence electrons. The molecular weight excluding hydrogens is 446 g/mol. The van der Waals surface area contributed by atoms with Crippen molar-refractivity contribution in [2.75, 3.05) is 30.1 Å². The van der Waals surface area contributed by atoms with Crippen LogP contribution in [-0.4, -0.2) is 51.7 Å². The minimum atomic E-state index is -1.08. The zero-order valence-corrected chi connectivity index (χ0v) is 19.7. The van der Waals surface area contributed by atoms with E-state index in [1.165, 1.54) is 0 Å². The van der Waals surface area contributed by atoms with Gasteiger partial charge in [0.15, 0.2) is 0 Å². The average molecular weight is 472 g/mol. The highest BCUT2D eigenvalue weighted by Crippen LogP contribution is 2.24. The van der Waals surface area contributed by atoms with Crippen LogP contribution in [0.15, 0.2) is 45.7 Å². The maximum absolute atomic E-state index is 13.0. The number of halogens is 1. The summed E-state index contributed by atoms with van der Waals surface area (Å²) in [5.41, 5.74) is 0.521. The Morgan fingerprint density at radius 1 is 1.21 bits per heavy atom. The van der Waals surface area contributed by atoms with Gasteiger partial charge in [0.1, 0.15) is 11.4 Å². The lowest BCUT2D eigenvalue weighted by Crippen LogP contribution is -2.49. The van der Waals surface area contributed by atoms with Crippen molar-refractivity contribution in [3.05, 3.63) is 58.2 Å². The number of alkyl halides is 1. The lowest BCUT2D eigenvalue weighted by molar-refractivity contribution is -0.133. The topological polar surface area (TPSA) is 117 Å². The molecule has 0 aliphatic heterocycles. The number of nitrogens with one attached hydrogen (secondary N) is 2. The predicted octanol–water partition coefficient (Wildman–Crippen LogP) is 2.96. The van der Waals surface area contributed by atoms with E-state index in [0.29, 0.717) is 29.7 Å². The zero-order chi connectivity index (χ0) is 24.2. The summed E-state index contributed by atoms with van der Waals surface area (Å²) >= 11 is 5.54. The number of amides is 2. The highest BCUT2D eigenvalue weighted by Gasteiger charge is 2.32.